The Balaban J connectivity index is 1.53. The largest absolute Gasteiger partial charge is 0.450 e. The van der Waals surface area contributed by atoms with Crippen molar-refractivity contribution in [2.45, 2.75) is 57.5 Å². The van der Waals surface area contributed by atoms with Gasteiger partial charge in [-0.2, -0.15) is 0 Å². The van der Waals surface area contributed by atoms with Crippen LogP contribution in [0.1, 0.15) is 66.6 Å². The first kappa shape index (κ1) is 20.9. The van der Waals surface area contributed by atoms with Gasteiger partial charge in [0.05, 0.1) is 28.5 Å². The molecule has 0 saturated heterocycles. The molecule has 2 aliphatic rings. The second-order valence-electron chi connectivity index (χ2n) is 8.66. The highest BCUT2D eigenvalue weighted by Gasteiger charge is 2.44. The number of benzene rings is 1. The number of carbonyl (C=O) groups is 2. The maximum Gasteiger partial charge on any atom is 0.319 e. The topological polar surface area (TPSA) is 101 Å². The SMILES string of the molecule is CCc1cc(CN(C)C(=O)c2cc3cc(Cl)c4c(c3o2)C2(CCCCC2)NC(=O)N4)on1. The zero-order valence-corrected chi connectivity index (χ0v) is 18.8. The zero-order valence-electron chi connectivity index (χ0n) is 18.1. The van der Waals surface area contributed by atoms with E-state index in [2.05, 4.69) is 15.8 Å². The van der Waals surface area contributed by atoms with E-state index in [0.29, 0.717) is 22.1 Å². The van der Waals surface area contributed by atoms with E-state index < -0.39 is 5.54 Å². The normalized spacial score (nSPS) is 17.2. The molecule has 168 valence electrons. The minimum absolute atomic E-state index is 0.213. The Morgan fingerprint density at radius 2 is 2.03 bits per heavy atom. The van der Waals surface area contributed by atoms with Crippen molar-refractivity contribution in [2.24, 2.45) is 0 Å². The molecule has 1 saturated carbocycles. The number of aromatic nitrogens is 1. The molecule has 3 aromatic rings. The quantitative estimate of drug-likeness (QED) is 0.561. The molecule has 2 aromatic heterocycles. The van der Waals surface area contributed by atoms with Crippen molar-refractivity contribution in [3.8, 4) is 0 Å². The Morgan fingerprint density at radius 3 is 2.75 bits per heavy atom. The number of fused-ring (bicyclic) bond motifs is 4. The van der Waals surface area contributed by atoms with Crippen LogP contribution in [0.5, 0.6) is 0 Å². The first-order chi connectivity index (χ1) is 15.4. The molecule has 1 fully saturated rings. The van der Waals surface area contributed by atoms with Crippen molar-refractivity contribution in [1.29, 1.82) is 0 Å². The number of anilines is 1. The van der Waals surface area contributed by atoms with Crippen molar-refractivity contribution < 1.29 is 18.5 Å². The highest BCUT2D eigenvalue weighted by molar-refractivity contribution is 6.35. The van der Waals surface area contributed by atoms with E-state index in [1.54, 1.807) is 19.2 Å². The zero-order chi connectivity index (χ0) is 22.5. The molecule has 3 amide bonds. The number of nitrogens with zero attached hydrogens (tertiary/aromatic N) is 2. The van der Waals surface area contributed by atoms with Crippen LogP contribution < -0.4 is 10.6 Å². The summed E-state index contributed by atoms with van der Waals surface area (Å²) in [7, 11) is 1.69. The lowest BCUT2D eigenvalue weighted by atomic mass is 9.74. The number of nitrogens with one attached hydrogen (secondary N) is 2. The summed E-state index contributed by atoms with van der Waals surface area (Å²) in [5.41, 5.74) is 2.30. The van der Waals surface area contributed by atoms with Crippen LogP contribution in [0.4, 0.5) is 10.5 Å². The van der Waals surface area contributed by atoms with Crippen LogP contribution in [-0.2, 0) is 18.5 Å². The lowest BCUT2D eigenvalue weighted by molar-refractivity contribution is 0.0742. The molecule has 0 bridgehead atoms. The number of urea groups is 1. The van der Waals surface area contributed by atoms with E-state index in [9.17, 15) is 9.59 Å². The first-order valence-electron chi connectivity index (χ1n) is 11.0. The molecule has 1 aliphatic heterocycles. The third-order valence-corrected chi connectivity index (χ3v) is 6.75. The molecular formula is C23H25ClN4O4. The summed E-state index contributed by atoms with van der Waals surface area (Å²) in [6.07, 6.45) is 5.50. The fraction of sp³-hybridized carbons (Fsp3) is 0.435. The van der Waals surface area contributed by atoms with Gasteiger partial charge in [0.2, 0.25) is 0 Å². The van der Waals surface area contributed by atoms with Gasteiger partial charge < -0.3 is 24.5 Å². The van der Waals surface area contributed by atoms with Crippen LogP contribution >= 0.6 is 11.6 Å². The van der Waals surface area contributed by atoms with Gasteiger partial charge in [-0.25, -0.2) is 4.79 Å². The Morgan fingerprint density at radius 1 is 1.25 bits per heavy atom. The summed E-state index contributed by atoms with van der Waals surface area (Å²) in [6.45, 7) is 2.27. The highest BCUT2D eigenvalue weighted by atomic mass is 35.5. The number of halogens is 1. The van der Waals surface area contributed by atoms with Crippen molar-refractivity contribution in [3.05, 3.63) is 46.0 Å². The molecule has 5 rings (SSSR count). The summed E-state index contributed by atoms with van der Waals surface area (Å²) in [5.74, 6) is 0.554. The fourth-order valence-corrected chi connectivity index (χ4v) is 5.14. The van der Waals surface area contributed by atoms with Gasteiger partial charge in [0.1, 0.15) is 5.58 Å². The van der Waals surface area contributed by atoms with Gasteiger partial charge in [0.15, 0.2) is 11.5 Å². The van der Waals surface area contributed by atoms with Crippen molar-refractivity contribution in [2.75, 3.05) is 12.4 Å². The van der Waals surface area contributed by atoms with Crippen molar-refractivity contribution in [3.63, 3.8) is 0 Å². The number of hydrogen-bond donors (Lipinski definition) is 2. The van der Waals surface area contributed by atoms with E-state index >= 15 is 0 Å². The number of hydrogen-bond acceptors (Lipinski definition) is 5. The number of rotatable bonds is 4. The van der Waals surface area contributed by atoms with E-state index in [0.717, 1.165) is 55.2 Å². The molecule has 3 heterocycles. The van der Waals surface area contributed by atoms with Gasteiger partial charge in [-0.15, -0.1) is 0 Å². The second-order valence-corrected chi connectivity index (χ2v) is 9.07. The van der Waals surface area contributed by atoms with Crippen LogP contribution in [0.25, 0.3) is 11.0 Å². The number of amides is 3. The average molecular weight is 457 g/mol. The molecule has 0 radical (unpaired) electrons. The molecule has 8 nitrogen and oxygen atoms in total. The van der Waals surface area contributed by atoms with Gasteiger partial charge in [0.25, 0.3) is 5.91 Å². The van der Waals surface area contributed by atoms with Gasteiger partial charge in [-0.1, -0.05) is 42.9 Å². The third kappa shape index (κ3) is 3.43. The molecule has 1 aromatic carbocycles. The maximum absolute atomic E-state index is 13.1. The Labute approximate surface area is 190 Å². The van der Waals surface area contributed by atoms with Crippen LogP contribution in [0.3, 0.4) is 0 Å². The van der Waals surface area contributed by atoms with E-state index in [4.69, 9.17) is 20.5 Å². The molecule has 32 heavy (non-hydrogen) atoms. The fourth-order valence-electron chi connectivity index (χ4n) is 4.88. The lowest BCUT2D eigenvalue weighted by Gasteiger charge is -2.42. The number of aryl methyl sites for hydroxylation is 1. The van der Waals surface area contributed by atoms with Crippen LogP contribution in [0.2, 0.25) is 5.02 Å². The number of carbonyl (C=O) groups excluding carboxylic acids is 2. The lowest BCUT2D eigenvalue weighted by Crippen LogP contribution is -2.52. The van der Waals surface area contributed by atoms with Gasteiger partial charge in [0, 0.05) is 24.1 Å². The summed E-state index contributed by atoms with van der Waals surface area (Å²) >= 11 is 6.56. The van der Waals surface area contributed by atoms with Crippen LogP contribution in [-0.4, -0.2) is 29.0 Å². The molecular weight excluding hydrogens is 432 g/mol. The monoisotopic (exact) mass is 456 g/mol. The maximum atomic E-state index is 13.1. The minimum atomic E-state index is -0.542. The van der Waals surface area contributed by atoms with Gasteiger partial charge in [-0.3, -0.25) is 4.79 Å². The predicted octanol–water partition coefficient (Wildman–Crippen LogP) is 5.20. The summed E-state index contributed by atoms with van der Waals surface area (Å²) in [5, 5.41) is 11.1. The molecule has 1 aliphatic carbocycles. The van der Waals surface area contributed by atoms with E-state index in [1.165, 1.54) is 4.90 Å². The second kappa shape index (κ2) is 7.85. The first-order valence-corrected chi connectivity index (χ1v) is 11.3. The van der Waals surface area contributed by atoms with E-state index in [1.807, 2.05) is 13.0 Å². The van der Waals surface area contributed by atoms with Crippen molar-refractivity contribution >= 4 is 40.2 Å². The predicted molar refractivity (Wildman–Crippen MR) is 120 cm³/mol. The summed E-state index contributed by atoms with van der Waals surface area (Å²) in [6, 6.07) is 5.04. The molecule has 9 heteroatoms. The minimum Gasteiger partial charge on any atom is -0.450 e. The molecule has 0 unspecified atom stereocenters. The van der Waals surface area contributed by atoms with Gasteiger partial charge in [-0.05, 0) is 31.4 Å². The van der Waals surface area contributed by atoms with Crippen molar-refractivity contribution in [1.82, 2.24) is 15.4 Å². The summed E-state index contributed by atoms with van der Waals surface area (Å²) in [4.78, 5) is 27.1. The average Bonchev–Trinajstić information content (AvgIpc) is 3.40. The molecule has 2 N–H and O–H groups in total. The molecule has 1 spiro atoms. The standard InChI is InChI=1S/C23H25ClN4O4/c1-3-14-11-15(32-27-14)12-28(2)21(29)17-10-13-9-16(24)19-18(20(13)31-17)23(26-22(30)25-19)7-5-4-6-8-23/h9-11H,3-8,12H2,1-2H3,(H2,25,26,30). The van der Waals surface area contributed by atoms with Gasteiger partial charge >= 0.3 is 6.03 Å². The van der Waals surface area contributed by atoms with E-state index in [-0.39, 0.29) is 24.2 Å². The highest BCUT2D eigenvalue weighted by Crippen LogP contribution is 2.49. The Hall–Kier alpha value is -3.00. The Kier molecular flexibility index (Phi) is 5.12. The summed E-state index contributed by atoms with van der Waals surface area (Å²) < 4.78 is 11.4. The third-order valence-electron chi connectivity index (χ3n) is 6.46. The number of furan rings is 1. The van der Waals surface area contributed by atoms with Crippen LogP contribution in [0, 0.1) is 0 Å². The Bertz CT molecular complexity index is 1210. The smallest absolute Gasteiger partial charge is 0.319 e. The van der Waals surface area contributed by atoms with Crippen LogP contribution in [0.15, 0.2) is 27.1 Å². The molecule has 0 atom stereocenters.